The zero-order valence-corrected chi connectivity index (χ0v) is 9.83. The predicted molar refractivity (Wildman–Crippen MR) is 58.0 cm³/mol. The Balaban J connectivity index is 3.01. The fourth-order valence-corrected chi connectivity index (χ4v) is 2.11. The van der Waals surface area contributed by atoms with Crippen LogP contribution in [0, 0.1) is 19.3 Å². The normalized spacial score (nSPS) is 14.6. The summed E-state index contributed by atoms with van der Waals surface area (Å²) in [6.07, 6.45) is 0. The van der Waals surface area contributed by atoms with E-state index in [0.29, 0.717) is 0 Å². The van der Waals surface area contributed by atoms with Crippen LogP contribution in [0.1, 0.15) is 42.4 Å². The molecule has 0 saturated carbocycles. The smallest absolute Gasteiger partial charge is 0.0900 e. The highest BCUT2D eigenvalue weighted by molar-refractivity contribution is 7.11. The first kappa shape index (κ1) is 10.7. The Morgan fingerprint density at radius 1 is 1.31 bits per heavy atom. The van der Waals surface area contributed by atoms with Gasteiger partial charge < -0.3 is 5.73 Å². The molecule has 1 aromatic rings. The Kier molecular flexibility index (Phi) is 2.78. The highest BCUT2D eigenvalue weighted by atomic mass is 32.1. The van der Waals surface area contributed by atoms with Crippen LogP contribution < -0.4 is 5.73 Å². The molecule has 13 heavy (non-hydrogen) atoms. The van der Waals surface area contributed by atoms with Crippen molar-refractivity contribution in [1.29, 1.82) is 0 Å². The minimum absolute atomic E-state index is 0.0393. The molecule has 1 rings (SSSR count). The third-order valence-corrected chi connectivity index (χ3v) is 3.07. The third kappa shape index (κ3) is 2.29. The van der Waals surface area contributed by atoms with E-state index in [9.17, 15) is 0 Å². The second-order valence-corrected chi connectivity index (χ2v) is 5.93. The van der Waals surface area contributed by atoms with E-state index in [4.69, 9.17) is 5.73 Å². The highest BCUT2D eigenvalue weighted by Crippen LogP contribution is 2.33. The summed E-state index contributed by atoms with van der Waals surface area (Å²) in [6, 6.07) is 0.0393. The van der Waals surface area contributed by atoms with Crippen LogP contribution in [0.25, 0.3) is 0 Å². The van der Waals surface area contributed by atoms with Crippen LogP contribution in [0.3, 0.4) is 0 Å². The zero-order chi connectivity index (χ0) is 10.2. The van der Waals surface area contributed by atoms with Gasteiger partial charge in [0.05, 0.1) is 16.7 Å². The molecule has 1 unspecified atom stereocenters. The molecule has 0 amide bonds. The maximum Gasteiger partial charge on any atom is 0.0900 e. The number of nitrogens with zero attached hydrogens (tertiary/aromatic N) is 1. The van der Waals surface area contributed by atoms with Crippen molar-refractivity contribution in [3.63, 3.8) is 0 Å². The second kappa shape index (κ2) is 3.39. The molecule has 74 valence electrons. The van der Waals surface area contributed by atoms with Crippen molar-refractivity contribution in [2.75, 3.05) is 0 Å². The summed E-state index contributed by atoms with van der Waals surface area (Å²) in [5, 5.41) is 1.10. The van der Waals surface area contributed by atoms with Crippen LogP contribution in [-0.4, -0.2) is 4.98 Å². The van der Waals surface area contributed by atoms with E-state index in [1.807, 2.05) is 6.92 Å². The maximum absolute atomic E-state index is 6.13. The zero-order valence-electron chi connectivity index (χ0n) is 9.01. The monoisotopic (exact) mass is 198 g/mol. The molecule has 0 radical (unpaired) electrons. The van der Waals surface area contributed by atoms with Gasteiger partial charge in [0.2, 0.25) is 0 Å². The molecule has 0 aromatic carbocycles. The summed E-state index contributed by atoms with van der Waals surface area (Å²) in [4.78, 5) is 5.72. The first-order valence-electron chi connectivity index (χ1n) is 4.52. The molecule has 2 nitrogen and oxygen atoms in total. The van der Waals surface area contributed by atoms with Crippen molar-refractivity contribution in [1.82, 2.24) is 4.98 Å². The average molecular weight is 198 g/mol. The van der Waals surface area contributed by atoms with E-state index in [-0.39, 0.29) is 11.5 Å². The lowest BCUT2D eigenvalue weighted by Gasteiger charge is -2.26. The Morgan fingerprint density at radius 2 is 1.85 bits per heavy atom. The van der Waals surface area contributed by atoms with Crippen LogP contribution in [0.15, 0.2) is 0 Å². The number of thiazole rings is 1. The molecule has 0 saturated heterocycles. The lowest BCUT2D eigenvalue weighted by atomic mass is 9.85. The topological polar surface area (TPSA) is 38.9 Å². The first-order chi connectivity index (χ1) is 5.82. The fourth-order valence-electron chi connectivity index (χ4n) is 1.24. The van der Waals surface area contributed by atoms with Crippen molar-refractivity contribution in [3.8, 4) is 0 Å². The molecule has 1 aromatic heterocycles. The molecule has 0 aliphatic carbocycles. The lowest BCUT2D eigenvalue weighted by molar-refractivity contribution is 0.321. The van der Waals surface area contributed by atoms with Gasteiger partial charge in [0.1, 0.15) is 0 Å². The van der Waals surface area contributed by atoms with Crippen molar-refractivity contribution >= 4 is 11.3 Å². The van der Waals surface area contributed by atoms with Gasteiger partial charge in [-0.3, -0.25) is 0 Å². The molecule has 0 aliphatic heterocycles. The molecule has 1 atom stereocenters. The largest absolute Gasteiger partial charge is 0.322 e. The molecule has 3 heteroatoms. The van der Waals surface area contributed by atoms with E-state index >= 15 is 0 Å². The third-order valence-electron chi connectivity index (χ3n) is 2.17. The van der Waals surface area contributed by atoms with Gasteiger partial charge in [-0.05, 0) is 19.3 Å². The van der Waals surface area contributed by atoms with Gasteiger partial charge >= 0.3 is 0 Å². The SMILES string of the molecule is Cc1nc(C(N)C(C)(C)C)c(C)s1. The van der Waals surface area contributed by atoms with Gasteiger partial charge in [0, 0.05) is 4.88 Å². The number of aryl methyl sites for hydroxylation is 2. The van der Waals surface area contributed by atoms with Gasteiger partial charge in [0.15, 0.2) is 0 Å². The second-order valence-electron chi connectivity index (χ2n) is 4.52. The average Bonchev–Trinajstić information content (AvgIpc) is 2.26. The van der Waals surface area contributed by atoms with Crippen LogP contribution in [0.5, 0.6) is 0 Å². The molecule has 0 bridgehead atoms. The van der Waals surface area contributed by atoms with Gasteiger partial charge in [-0.15, -0.1) is 11.3 Å². The summed E-state index contributed by atoms with van der Waals surface area (Å²) < 4.78 is 0. The lowest BCUT2D eigenvalue weighted by Crippen LogP contribution is -2.27. The number of aromatic nitrogens is 1. The standard InChI is InChI=1S/C10H18N2S/c1-6-8(12-7(2)13-6)9(11)10(3,4)5/h9H,11H2,1-5H3. The van der Waals surface area contributed by atoms with Gasteiger partial charge in [-0.1, -0.05) is 20.8 Å². The van der Waals surface area contributed by atoms with E-state index in [2.05, 4.69) is 32.7 Å². The number of nitrogens with two attached hydrogens (primary N) is 1. The molecule has 0 spiro atoms. The summed E-state index contributed by atoms with van der Waals surface area (Å²) >= 11 is 1.72. The molecule has 0 aliphatic rings. The Hall–Kier alpha value is -0.410. The summed E-state index contributed by atoms with van der Waals surface area (Å²) in [5.41, 5.74) is 7.28. The molecule has 0 fully saturated rings. The van der Waals surface area contributed by atoms with E-state index < -0.39 is 0 Å². The number of hydrogen-bond acceptors (Lipinski definition) is 3. The van der Waals surface area contributed by atoms with Crippen LogP contribution in [0.4, 0.5) is 0 Å². The van der Waals surface area contributed by atoms with Crippen LogP contribution in [0.2, 0.25) is 0 Å². The molecular weight excluding hydrogens is 180 g/mol. The highest BCUT2D eigenvalue weighted by Gasteiger charge is 2.25. The molecule has 1 heterocycles. The van der Waals surface area contributed by atoms with Crippen molar-refractivity contribution < 1.29 is 0 Å². The van der Waals surface area contributed by atoms with Crippen molar-refractivity contribution in [3.05, 3.63) is 15.6 Å². The van der Waals surface area contributed by atoms with Crippen LogP contribution >= 0.6 is 11.3 Å². The molecule has 2 N–H and O–H groups in total. The minimum Gasteiger partial charge on any atom is -0.322 e. The number of hydrogen-bond donors (Lipinski definition) is 1. The minimum atomic E-state index is 0.0393. The van der Waals surface area contributed by atoms with Crippen molar-refractivity contribution in [2.24, 2.45) is 11.1 Å². The van der Waals surface area contributed by atoms with E-state index in [0.717, 1.165) is 10.7 Å². The Labute approximate surface area is 84.2 Å². The van der Waals surface area contributed by atoms with Crippen molar-refractivity contribution in [2.45, 2.75) is 40.7 Å². The maximum atomic E-state index is 6.13. The number of rotatable bonds is 1. The van der Waals surface area contributed by atoms with E-state index in [1.54, 1.807) is 11.3 Å². The van der Waals surface area contributed by atoms with Gasteiger partial charge in [0.25, 0.3) is 0 Å². The van der Waals surface area contributed by atoms with Gasteiger partial charge in [-0.25, -0.2) is 4.98 Å². The summed E-state index contributed by atoms with van der Waals surface area (Å²) in [6.45, 7) is 10.5. The summed E-state index contributed by atoms with van der Waals surface area (Å²) in [5.74, 6) is 0. The quantitative estimate of drug-likeness (QED) is 0.753. The molecular formula is C10H18N2S. The summed E-state index contributed by atoms with van der Waals surface area (Å²) in [7, 11) is 0. The van der Waals surface area contributed by atoms with Gasteiger partial charge in [-0.2, -0.15) is 0 Å². The Morgan fingerprint density at radius 3 is 2.15 bits per heavy atom. The Bertz CT molecular complexity index is 296. The van der Waals surface area contributed by atoms with Crippen LogP contribution in [-0.2, 0) is 0 Å². The first-order valence-corrected chi connectivity index (χ1v) is 5.33. The fraction of sp³-hybridized carbons (Fsp3) is 0.700. The van der Waals surface area contributed by atoms with E-state index in [1.165, 1.54) is 4.88 Å². The predicted octanol–water partition coefficient (Wildman–Crippen LogP) is 2.81.